The maximum atomic E-state index is 12.4. The number of benzene rings is 1. The van der Waals surface area contributed by atoms with E-state index in [-0.39, 0.29) is 5.91 Å². The number of rotatable bonds is 5. The fraction of sp³-hybridized carbons (Fsp3) is 0.389. The quantitative estimate of drug-likeness (QED) is 0.723. The number of nitrogens with one attached hydrogen (secondary N) is 1. The molecule has 0 saturated carbocycles. The molecule has 0 spiro atoms. The molecule has 25 heavy (non-hydrogen) atoms. The highest BCUT2D eigenvalue weighted by atomic mass is 16.5. The van der Waals surface area contributed by atoms with Crippen molar-refractivity contribution in [1.29, 1.82) is 0 Å². The summed E-state index contributed by atoms with van der Waals surface area (Å²) in [4.78, 5) is 12.4. The van der Waals surface area contributed by atoms with Crippen LogP contribution in [0.1, 0.15) is 28.9 Å². The minimum atomic E-state index is -0.145. The lowest BCUT2D eigenvalue weighted by Crippen LogP contribution is -2.26. The van der Waals surface area contributed by atoms with E-state index in [0.717, 1.165) is 48.3 Å². The summed E-state index contributed by atoms with van der Waals surface area (Å²) in [6, 6.07) is 8.03. The maximum absolute atomic E-state index is 12.4. The molecule has 7 heteroatoms. The third kappa shape index (κ3) is 3.09. The van der Waals surface area contributed by atoms with Crippen molar-refractivity contribution in [2.75, 3.05) is 13.2 Å². The van der Waals surface area contributed by atoms with E-state index in [1.165, 1.54) is 0 Å². The topological polar surface area (TPSA) is 74.0 Å². The molecular formula is C18H21N5O2. The highest BCUT2D eigenvalue weighted by Crippen LogP contribution is 2.24. The summed E-state index contributed by atoms with van der Waals surface area (Å²) >= 11 is 0. The van der Waals surface area contributed by atoms with Crippen molar-refractivity contribution in [2.45, 2.75) is 32.9 Å². The van der Waals surface area contributed by atoms with Gasteiger partial charge in [0.2, 0.25) is 5.88 Å². The Morgan fingerprint density at radius 2 is 2.20 bits per heavy atom. The number of carbonyl (C=O) groups excluding carboxylic acids is 1. The molecule has 0 aliphatic carbocycles. The van der Waals surface area contributed by atoms with E-state index in [1.807, 2.05) is 42.1 Å². The van der Waals surface area contributed by atoms with Crippen LogP contribution in [-0.2, 0) is 13.1 Å². The molecule has 0 radical (unpaired) electrons. The number of fused-ring (bicyclic) bond motifs is 2. The van der Waals surface area contributed by atoms with Crippen molar-refractivity contribution in [3.05, 3.63) is 41.7 Å². The molecule has 1 aromatic carbocycles. The van der Waals surface area contributed by atoms with E-state index in [1.54, 1.807) is 4.68 Å². The first-order valence-electron chi connectivity index (χ1n) is 8.63. The minimum Gasteiger partial charge on any atom is -0.478 e. The number of carbonyl (C=O) groups is 1. The zero-order valence-corrected chi connectivity index (χ0v) is 14.2. The van der Waals surface area contributed by atoms with Crippen molar-refractivity contribution in [1.82, 2.24) is 24.9 Å². The highest BCUT2D eigenvalue weighted by molar-refractivity contribution is 5.94. The second-order valence-electron chi connectivity index (χ2n) is 6.26. The second kappa shape index (κ2) is 6.58. The van der Waals surface area contributed by atoms with E-state index < -0.39 is 0 Å². The molecular weight excluding hydrogens is 318 g/mol. The SMILES string of the molecule is Cc1c(C(=O)NCCCn2cc3ccccc3n2)nn2c1OCCC2. The first-order valence-corrected chi connectivity index (χ1v) is 8.63. The largest absolute Gasteiger partial charge is 0.478 e. The average molecular weight is 339 g/mol. The summed E-state index contributed by atoms with van der Waals surface area (Å²) in [6.45, 7) is 4.71. The third-order valence-electron chi connectivity index (χ3n) is 4.41. The number of amides is 1. The Balaban J connectivity index is 1.32. The van der Waals surface area contributed by atoms with Gasteiger partial charge in [-0.25, -0.2) is 4.68 Å². The predicted molar refractivity (Wildman–Crippen MR) is 93.8 cm³/mol. The van der Waals surface area contributed by atoms with Crippen LogP contribution >= 0.6 is 0 Å². The van der Waals surface area contributed by atoms with Crippen LogP contribution in [0.15, 0.2) is 30.5 Å². The molecule has 0 fully saturated rings. The van der Waals surface area contributed by atoms with Crippen LogP contribution < -0.4 is 10.1 Å². The number of aromatic nitrogens is 4. The van der Waals surface area contributed by atoms with Gasteiger partial charge in [0.05, 0.1) is 12.1 Å². The monoisotopic (exact) mass is 339 g/mol. The molecule has 1 aliphatic heterocycles. The lowest BCUT2D eigenvalue weighted by molar-refractivity contribution is 0.0946. The number of ether oxygens (including phenoxy) is 1. The van der Waals surface area contributed by atoms with Crippen LogP contribution in [0.4, 0.5) is 0 Å². The van der Waals surface area contributed by atoms with Crippen molar-refractivity contribution in [3.8, 4) is 5.88 Å². The fourth-order valence-electron chi connectivity index (χ4n) is 3.13. The third-order valence-corrected chi connectivity index (χ3v) is 4.41. The molecule has 2 aromatic heterocycles. The number of hydrogen-bond donors (Lipinski definition) is 1. The minimum absolute atomic E-state index is 0.145. The van der Waals surface area contributed by atoms with E-state index in [0.29, 0.717) is 18.8 Å². The van der Waals surface area contributed by atoms with Gasteiger partial charge >= 0.3 is 0 Å². The zero-order chi connectivity index (χ0) is 17.2. The molecule has 3 heterocycles. The van der Waals surface area contributed by atoms with Gasteiger partial charge in [0.1, 0.15) is 0 Å². The predicted octanol–water partition coefficient (Wildman–Crippen LogP) is 2.14. The van der Waals surface area contributed by atoms with Crippen molar-refractivity contribution >= 4 is 16.8 Å². The summed E-state index contributed by atoms with van der Waals surface area (Å²) in [5.74, 6) is 0.577. The van der Waals surface area contributed by atoms with Crippen LogP contribution in [0.2, 0.25) is 0 Å². The molecule has 1 N–H and O–H groups in total. The molecule has 7 nitrogen and oxygen atoms in total. The van der Waals surface area contributed by atoms with Crippen LogP contribution in [-0.4, -0.2) is 38.6 Å². The number of hydrogen-bond acceptors (Lipinski definition) is 4. The molecule has 0 saturated heterocycles. The van der Waals surface area contributed by atoms with E-state index in [2.05, 4.69) is 15.5 Å². The lowest BCUT2D eigenvalue weighted by atomic mass is 10.2. The van der Waals surface area contributed by atoms with Crippen LogP contribution in [0, 0.1) is 6.92 Å². The maximum Gasteiger partial charge on any atom is 0.272 e. The van der Waals surface area contributed by atoms with Crippen molar-refractivity contribution < 1.29 is 9.53 Å². The highest BCUT2D eigenvalue weighted by Gasteiger charge is 2.22. The molecule has 4 rings (SSSR count). The van der Waals surface area contributed by atoms with Gasteiger partial charge in [-0.2, -0.15) is 10.2 Å². The van der Waals surface area contributed by atoms with Gasteiger partial charge in [-0.15, -0.1) is 0 Å². The summed E-state index contributed by atoms with van der Waals surface area (Å²) in [7, 11) is 0. The smallest absolute Gasteiger partial charge is 0.272 e. The van der Waals surface area contributed by atoms with Gasteiger partial charge in [-0.1, -0.05) is 18.2 Å². The Hall–Kier alpha value is -2.83. The van der Waals surface area contributed by atoms with Gasteiger partial charge in [-0.05, 0) is 19.4 Å². The number of aryl methyl sites for hydroxylation is 2. The summed E-state index contributed by atoms with van der Waals surface area (Å²) in [5, 5.41) is 13.0. The Morgan fingerprint density at radius 3 is 3.04 bits per heavy atom. The normalized spacial score (nSPS) is 13.5. The second-order valence-corrected chi connectivity index (χ2v) is 6.26. The van der Waals surface area contributed by atoms with Crippen LogP contribution in [0.5, 0.6) is 5.88 Å². The summed E-state index contributed by atoms with van der Waals surface area (Å²) < 4.78 is 9.31. The van der Waals surface area contributed by atoms with Gasteiger partial charge in [0, 0.05) is 43.2 Å². The standard InChI is InChI=1S/C18H21N5O2/c1-13-16(21-23-10-5-11-25-18(13)23)17(24)19-8-4-9-22-12-14-6-2-3-7-15(14)20-22/h2-3,6-7,12H,4-5,8-11H2,1H3,(H,19,24). The summed E-state index contributed by atoms with van der Waals surface area (Å²) in [6.07, 6.45) is 3.76. The van der Waals surface area contributed by atoms with Gasteiger partial charge in [0.25, 0.3) is 5.91 Å². The van der Waals surface area contributed by atoms with E-state index in [9.17, 15) is 4.79 Å². The molecule has 0 atom stereocenters. The van der Waals surface area contributed by atoms with Gasteiger partial charge < -0.3 is 10.1 Å². The molecule has 0 bridgehead atoms. The zero-order valence-electron chi connectivity index (χ0n) is 14.2. The molecule has 130 valence electrons. The molecule has 3 aromatic rings. The van der Waals surface area contributed by atoms with Crippen LogP contribution in [0.25, 0.3) is 10.9 Å². The number of nitrogens with zero attached hydrogens (tertiary/aromatic N) is 4. The van der Waals surface area contributed by atoms with Crippen molar-refractivity contribution in [3.63, 3.8) is 0 Å². The lowest BCUT2D eigenvalue weighted by Gasteiger charge is -2.14. The Morgan fingerprint density at radius 1 is 1.32 bits per heavy atom. The first kappa shape index (κ1) is 15.7. The van der Waals surface area contributed by atoms with E-state index >= 15 is 0 Å². The Labute approximate surface area is 145 Å². The molecule has 1 aliphatic rings. The Bertz CT molecular complexity index is 878. The Kier molecular flexibility index (Phi) is 4.13. The van der Waals surface area contributed by atoms with Crippen molar-refractivity contribution in [2.24, 2.45) is 0 Å². The average Bonchev–Trinajstić information content (AvgIpc) is 3.20. The molecule has 0 unspecified atom stereocenters. The van der Waals surface area contributed by atoms with Crippen LogP contribution in [0.3, 0.4) is 0 Å². The molecule has 1 amide bonds. The fourth-order valence-corrected chi connectivity index (χ4v) is 3.13. The van der Waals surface area contributed by atoms with E-state index in [4.69, 9.17) is 4.74 Å². The van der Waals surface area contributed by atoms with Gasteiger partial charge in [0.15, 0.2) is 5.69 Å². The van der Waals surface area contributed by atoms with Gasteiger partial charge in [-0.3, -0.25) is 9.48 Å². The summed E-state index contributed by atoms with van der Waals surface area (Å²) in [5.41, 5.74) is 2.27. The first-order chi connectivity index (χ1) is 12.2.